The van der Waals surface area contributed by atoms with Crippen molar-refractivity contribution in [1.29, 1.82) is 0 Å². The van der Waals surface area contributed by atoms with Crippen LogP contribution in [0.25, 0.3) is 64.0 Å². The zero-order valence-corrected chi connectivity index (χ0v) is 28.7. The Bertz CT molecular complexity index is 2890. The second kappa shape index (κ2) is 10.7. The van der Waals surface area contributed by atoms with E-state index in [1.807, 2.05) is 17.4 Å². The Morgan fingerprint density at radius 2 is 1.12 bits per heavy atom. The van der Waals surface area contributed by atoms with E-state index in [2.05, 4.69) is 176 Å². The predicted molar refractivity (Wildman–Crippen MR) is 216 cm³/mol. The molecule has 51 heavy (non-hydrogen) atoms. The van der Waals surface area contributed by atoms with Crippen LogP contribution >= 0.6 is 11.3 Å². The molecule has 0 bridgehead atoms. The van der Waals surface area contributed by atoms with Gasteiger partial charge in [0, 0.05) is 53.4 Å². The highest BCUT2D eigenvalue weighted by Crippen LogP contribution is 2.56. The molecule has 0 radical (unpaired) electrons. The first-order valence-corrected chi connectivity index (χ1v) is 18.3. The maximum absolute atomic E-state index is 6.28. The quantitative estimate of drug-likeness (QED) is 0.185. The fourth-order valence-electron chi connectivity index (χ4n) is 8.66. The molecular formula is C48H31NOS. The van der Waals surface area contributed by atoms with Crippen LogP contribution in [0.3, 0.4) is 0 Å². The molecule has 1 aliphatic rings. The summed E-state index contributed by atoms with van der Waals surface area (Å²) in [6.45, 7) is 2.41. The highest BCUT2D eigenvalue weighted by Gasteiger charge is 2.42. The third-order valence-electron chi connectivity index (χ3n) is 11.1. The predicted octanol–water partition coefficient (Wildman–Crippen LogP) is 13.9. The number of fused-ring (bicyclic) bond motifs is 11. The van der Waals surface area contributed by atoms with E-state index in [1.54, 1.807) is 0 Å². The first-order chi connectivity index (χ1) is 25.1. The third kappa shape index (κ3) is 4.10. The molecule has 0 N–H and O–H groups in total. The Hall–Kier alpha value is -6.16. The Labute approximate surface area is 299 Å². The van der Waals surface area contributed by atoms with E-state index < -0.39 is 0 Å². The van der Waals surface area contributed by atoms with Crippen LogP contribution in [0.2, 0.25) is 0 Å². The lowest BCUT2D eigenvalue weighted by Crippen LogP contribution is -2.22. The summed E-state index contributed by atoms with van der Waals surface area (Å²) < 4.78 is 8.89. The van der Waals surface area contributed by atoms with Gasteiger partial charge in [-0.2, -0.15) is 0 Å². The van der Waals surface area contributed by atoms with Crippen LogP contribution < -0.4 is 4.90 Å². The van der Waals surface area contributed by atoms with Gasteiger partial charge in [0.2, 0.25) is 0 Å². The van der Waals surface area contributed by atoms with Crippen LogP contribution in [0.1, 0.15) is 23.6 Å². The average Bonchev–Trinajstić information content (AvgIpc) is 3.83. The standard InChI is InChI=1S/C48H31NOS/c1-48(31-12-3-2-4-13-31)41-24-19-30-11-5-6-14-35(30)47(41)38-23-20-34(29-42(38)48)49(32-21-25-44-39(27-32)36-15-7-9-17-43(36)50-44)33-22-26-46-40(28-33)37-16-8-10-18-45(37)51-46/h2-29H,1H3. The van der Waals surface area contributed by atoms with Gasteiger partial charge in [-0.1, -0.05) is 109 Å². The first-order valence-electron chi connectivity index (χ1n) is 17.5. The molecule has 3 heteroatoms. The normalized spacial score (nSPS) is 15.2. The summed E-state index contributed by atoms with van der Waals surface area (Å²) in [7, 11) is 0. The summed E-state index contributed by atoms with van der Waals surface area (Å²) in [6.07, 6.45) is 0. The van der Waals surface area contributed by atoms with Crippen LogP contribution in [-0.4, -0.2) is 0 Å². The smallest absolute Gasteiger partial charge is 0.135 e. The van der Waals surface area contributed by atoms with E-state index >= 15 is 0 Å². The van der Waals surface area contributed by atoms with Crippen molar-refractivity contribution in [2.45, 2.75) is 12.3 Å². The zero-order chi connectivity index (χ0) is 33.7. The molecule has 0 aliphatic heterocycles. The fraction of sp³-hybridized carbons (Fsp3) is 0.0417. The molecule has 0 spiro atoms. The van der Waals surface area contributed by atoms with E-state index in [-0.39, 0.29) is 5.41 Å². The van der Waals surface area contributed by atoms with E-state index in [1.165, 1.54) is 58.8 Å². The number of hydrogen-bond donors (Lipinski definition) is 0. The van der Waals surface area contributed by atoms with Crippen molar-refractivity contribution >= 4 is 81.3 Å². The Balaban J connectivity index is 1.19. The van der Waals surface area contributed by atoms with Gasteiger partial charge in [-0.05, 0) is 106 Å². The van der Waals surface area contributed by atoms with Crippen LogP contribution in [0.4, 0.5) is 17.1 Å². The van der Waals surface area contributed by atoms with Gasteiger partial charge in [-0.3, -0.25) is 0 Å². The van der Waals surface area contributed by atoms with E-state index in [9.17, 15) is 0 Å². The van der Waals surface area contributed by atoms with Gasteiger partial charge in [0.15, 0.2) is 0 Å². The minimum atomic E-state index is -0.337. The Morgan fingerprint density at radius 1 is 0.471 bits per heavy atom. The number of nitrogens with zero attached hydrogens (tertiary/aromatic N) is 1. The molecule has 0 fully saturated rings. The van der Waals surface area contributed by atoms with Gasteiger partial charge in [-0.15, -0.1) is 11.3 Å². The third-order valence-corrected chi connectivity index (χ3v) is 12.3. The molecule has 1 unspecified atom stereocenters. The van der Waals surface area contributed by atoms with Crippen LogP contribution in [0, 0.1) is 0 Å². The number of thiophene rings is 1. The van der Waals surface area contributed by atoms with E-state index in [0.29, 0.717) is 0 Å². The van der Waals surface area contributed by atoms with Gasteiger partial charge in [0.05, 0.1) is 0 Å². The monoisotopic (exact) mass is 669 g/mol. The van der Waals surface area contributed by atoms with E-state index in [0.717, 1.165) is 39.0 Å². The SMILES string of the molecule is CC1(c2ccccc2)c2cc(N(c3ccc4oc5ccccc5c4c3)c3ccc4sc5ccccc5c4c3)ccc2-c2c1ccc1ccccc21. The Kier molecular flexibility index (Phi) is 5.99. The average molecular weight is 670 g/mol. The lowest BCUT2D eigenvalue weighted by Gasteiger charge is -2.31. The van der Waals surface area contributed by atoms with Crippen LogP contribution in [-0.2, 0) is 5.41 Å². The largest absolute Gasteiger partial charge is 0.456 e. The molecule has 2 aromatic heterocycles. The molecular weight excluding hydrogens is 639 g/mol. The molecule has 11 rings (SSSR count). The van der Waals surface area contributed by atoms with Crippen LogP contribution in [0.5, 0.6) is 0 Å². The van der Waals surface area contributed by atoms with Crippen LogP contribution in [0.15, 0.2) is 174 Å². The van der Waals surface area contributed by atoms with Crippen molar-refractivity contribution in [3.8, 4) is 11.1 Å². The number of anilines is 3. The molecule has 2 heterocycles. The number of para-hydroxylation sites is 1. The topological polar surface area (TPSA) is 16.4 Å². The molecule has 10 aromatic rings. The summed E-state index contributed by atoms with van der Waals surface area (Å²) in [5.41, 5.74) is 11.4. The molecule has 2 nitrogen and oxygen atoms in total. The second-order valence-electron chi connectivity index (χ2n) is 13.8. The van der Waals surface area contributed by atoms with Crippen molar-refractivity contribution in [3.05, 3.63) is 187 Å². The van der Waals surface area contributed by atoms with Gasteiger partial charge < -0.3 is 9.32 Å². The minimum Gasteiger partial charge on any atom is -0.456 e. The van der Waals surface area contributed by atoms with Gasteiger partial charge in [0.1, 0.15) is 11.2 Å². The zero-order valence-electron chi connectivity index (χ0n) is 27.9. The summed E-state index contributed by atoms with van der Waals surface area (Å²) in [5, 5.41) is 7.38. The number of hydrogen-bond acceptors (Lipinski definition) is 3. The lowest BCUT2D eigenvalue weighted by atomic mass is 9.74. The van der Waals surface area contributed by atoms with Crippen molar-refractivity contribution in [3.63, 3.8) is 0 Å². The van der Waals surface area contributed by atoms with E-state index in [4.69, 9.17) is 4.42 Å². The Morgan fingerprint density at radius 3 is 2.00 bits per heavy atom. The number of furan rings is 1. The number of benzene rings is 8. The van der Waals surface area contributed by atoms with Gasteiger partial charge in [-0.25, -0.2) is 0 Å². The van der Waals surface area contributed by atoms with Crippen molar-refractivity contribution < 1.29 is 4.42 Å². The molecule has 0 amide bonds. The minimum absolute atomic E-state index is 0.337. The van der Waals surface area contributed by atoms with Crippen molar-refractivity contribution in [1.82, 2.24) is 0 Å². The summed E-state index contributed by atoms with van der Waals surface area (Å²) in [5.74, 6) is 0. The second-order valence-corrected chi connectivity index (χ2v) is 14.9. The highest BCUT2D eigenvalue weighted by atomic mass is 32.1. The maximum Gasteiger partial charge on any atom is 0.135 e. The summed E-state index contributed by atoms with van der Waals surface area (Å²) >= 11 is 1.85. The highest BCUT2D eigenvalue weighted by molar-refractivity contribution is 7.25. The van der Waals surface area contributed by atoms with Crippen molar-refractivity contribution in [2.75, 3.05) is 4.90 Å². The number of rotatable bonds is 4. The maximum atomic E-state index is 6.28. The van der Waals surface area contributed by atoms with Crippen molar-refractivity contribution in [2.24, 2.45) is 0 Å². The van der Waals surface area contributed by atoms with Gasteiger partial charge in [0.25, 0.3) is 0 Å². The molecule has 1 aliphatic carbocycles. The fourth-order valence-corrected chi connectivity index (χ4v) is 9.75. The molecule has 0 saturated carbocycles. The lowest BCUT2D eigenvalue weighted by molar-refractivity contribution is 0.669. The molecule has 8 aromatic carbocycles. The summed E-state index contributed by atoms with van der Waals surface area (Å²) in [6, 6.07) is 62.2. The van der Waals surface area contributed by atoms with Gasteiger partial charge >= 0.3 is 0 Å². The molecule has 240 valence electrons. The summed E-state index contributed by atoms with van der Waals surface area (Å²) in [4.78, 5) is 2.43. The molecule has 0 saturated heterocycles. The molecule has 1 atom stereocenters. The first kappa shape index (κ1) is 28.7.